The molecule has 2 aliphatic heterocycles. The Bertz CT molecular complexity index is 1710. The van der Waals surface area contributed by atoms with Crippen LogP contribution in [0, 0.1) is 0 Å². The van der Waals surface area contributed by atoms with Crippen LogP contribution in [-0.2, 0) is 40.9 Å². The molecule has 1 N–H and O–H groups in total. The smallest absolute Gasteiger partial charge is 0.407 e. The van der Waals surface area contributed by atoms with Gasteiger partial charge in [0.1, 0.15) is 19.8 Å². The van der Waals surface area contributed by atoms with Gasteiger partial charge in [-0.15, -0.1) is 0 Å². The molecule has 3 aromatic carbocycles. The molecule has 0 saturated heterocycles. The largest absolute Gasteiger partial charge is 0.486 e. The third-order valence-corrected chi connectivity index (χ3v) is 9.30. The fourth-order valence-corrected chi connectivity index (χ4v) is 6.76. The van der Waals surface area contributed by atoms with Crippen molar-refractivity contribution >= 4 is 16.1 Å². The lowest BCUT2D eigenvalue weighted by Crippen LogP contribution is -2.26. The van der Waals surface area contributed by atoms with Crippen molar-refractivity contribution in [2.24, 2.45) is 0 Å². The third-order valence-electron chi connectivity index (χ3n) is 7.51. The molecule has 2 aliphatic rings. The summed E-state index contributed by atoms with van der Waals surface area (Å²) < 4.78 is 45.0. The number of hydrogen-bond donors (Lipinski definition) is 1. The van der Waals surface area contributed by atoms with Crippen molar-refractivity contribution in [3.63, 3.8) is 0 Å². The first-order valence-electron chi connectivity index (χ1n) is 13.8. The van der Waals surface area contributed by atoms with Crippen molar-refractivity contribution in [1.29, 1.82) is 0 Å². The number of alkyl carbamates (subject to hydrolysis) is 1. The number of fused-ring (bicyclic) bond motifs is 2. The zero-order valence-electron chi connectivity index (χ0n) is 23.2. The Morgan fingerprint density at radius 3 is 2.50 bits per heavy atom. The molecular weight excluding hydrogens is 554 g/mol. The summed E-state index contributed by atoms with van der Waals surface area (Å²) >= 11 is 0. The van der Waals surface area contributed by atoms with Crippen LogP contribution < -0.4 is 14.8 Å². The first-order valence-corrected chi connectivity index (χ1v) is 15.2. The minimum atomic E-state index is -3.76. The summed E-state index contributed by atoms with van der Waals surface area (Å²) in [6.07, 6.45) is 1.99. The van der Waals surface area contributed by atoms with Gasteiger partial charge in [0.05, 0.1) is 4.90 Å². The van der Waals surface area contributed by atoms with Gasteiger partial charge in [0.25, 0.3) is 0 Å². The number of aromatic nitrogens is 1. The van der Waals surface area contributed by atoms with E-state index in [1.165, 1.54) is 17.4 Å². The van der Waals surface area contributed by atoms with E-state index in [0.29, 0.717) is 31.1 Å². The molecule has 0 saturated carbocycles. The van der Waals surface area contributed by atoms with Gasteiger partial charge in [-0.2, -0.15) is 4.31 Å². The fourth-order valence-electron chi connectivity index (χ4n) is 5.34. The van der Waals surface area contributed by atoms with Gasteiger partial charge in [0.15, 0.2) is 11.5 Å². The third kappa shape index (κ3) is 5.81. The summed E-state index contributed by atoms with van der Waals surface area (Å²) in [5, 5.41) is 2.46. The summed E-state index contributed by atoms with van der Waals surface area (Å²) in [4.78, 5) is 16.5. The van der Waals surface area contributed by atoms with E-state index in [1.54, 1.807) is 18.3 Å². The maximum atomic E-state index is 13.6. The van der Waals surface area contributed by atoms with Gasteiger partial charge in [0.2, 0.25) is 10.0 Å². The van der Waals surface area contributed by atoms with Crippen molar-refractivity contribution in [2.45, 2.75) is 36.9 Å². The molecule has 0 bridgehead atoms. The van der Waals surface area contributed by atoms with E-state index < -0.39 is 16.1 Å². The topological polar surface area (TPSA) is 107 Å². The van der Waals surface area contributed by atoms with E-state index in [-0.39, 0.29) is 30.5 Å². The van der Waals surface area contributed by atoms with E-state index >= 15 is 0 Å². The van der Waals surface area contributed by atoms with Gasteiger partial charge in [-0.05, 0) is 52.4 Å². The summed E-state index contributed by atoms with van der Waals surface area (Å²) in [5.74, 6) is 0.934. The fraction of sp³-hybridized carbons (Fsp3) is 0.250. The molecule has 6 rings (SSSR count). The van der Waals surface area contributed by atoms with Crippen LogP contribution in [0.4, 0.5) is 4.79 Å². The maximum Gasteiger partial charge on any atom is 0.407 e. The molecule has 10 heteroatoms. The molecule has 1 aromatic heterocycles. The molecular formula is C32H31N3O6S. The monoisotopic (exact) mass is 585 g/mol. The first-order chi connectivity index (χ1) is 20.4. The average molecular weight is 586 g/mol. The van der Waals surface area contributed by atoms with Crippen LogP contribution in [-0.4, -0.2) is 44.1 Å². The molecule has 3 heterocycles. The van der Waals surface area contributed by atoms with E-state index in [4.69, 9.17) is 19.2 Å². The summed E-state index contributed by atoms with van der Waals surface area (Å²) in [6, 6.07) is 24.9. The number of amides is 1. The highest BCUT2D eigenvalue weighted by atomic mass is 32.2. The van der Waals surface area contributed by atoms with Crippen molar-refractivity contribution in [1.82, 2.24) is 14.6 Å². The van der Waals surface area contributed by atoms with Gasteiger partial charge >= 0.3 is 6.09 Å². The molecule has 42 heavy (non-hydrogen) atoms. The second-order valence-electron chi connectivity index (χ2n) is 10.3. The normalized spacial score (nSPS) is 15.1. The number of pyridine rings is 1. The van der Waals surface area contributed by atoms with Gasteiger partial charge in [-0.3, -0.25) is 4.98 Å². The lowest BCUT2D eigenvalue weighted by atomic mass is 9.88. The number of ether oxygens (including phenoxy) is 3. The SMILES string of the molecule is CNC(=O)OCc1cccc(CC(c2ccccc2)c2cc3c(cn2)CN(S(=O)(=O)c2ccc4c(c2)OCCO4)C3)c1. The molecule has 9 nitrogen and oxygen atoms in total. The lowest BCUT2D eigenvalue weighted by molar-refractivity contribution is 0.142. The quantitative estimate of drug-likeness (QED) is 0.317. The van der Waals surface area contributed by atoms with Gasteiger partial charge in [-0.1, -0.05) is 54.6 Å². The Morgan fingerprint density at radius 1 is 0.929 bits per heavy atom. The van der Waals surface area contributed by atoms with Crippen LogP contribution >= 0.6 is 0 Å². The number of sulfonamides is 1. The molecule has 216 valence electrons. The van der Waals surface area contributed by atoms with Crippen LogP contribution in [0.25, 0.3) is 0 Å². The summed E-state index contributed by atoms with van der Waals surface area (Å²) in [6.45, 7) is 1.51. The average Bonchev–Trinajstić information content (AvgIpc) is 3.47. The predicted molar refractivity (Wildman–Crippen MR) is 156 cm³/mol. The Kier molecular flexibility index (Phi) is 7.82. The number of benzene rings is 3. The highest BCUT2D eigenvalue weighted by Crippen LogP contribution is 2.36. The van der Waals surface area contributed by atoms with Gasteiger partial charge < -0.3 is 19.5 Å². The molecule has 0 aliphatic carbocycles. The Hall–Kier alpha value is -4.41. The molecule has 1 amide bonds. The number of carbonyl (C=O) groups is 1. The van der Waals surface area contributed by atoms with Crippen molar-refractivity contribution in [3.8, 4) is 11.5 Å². The number of nitrogens with one attached hydrogen (secondary N) is 1. The first kappa shape index (κ1) is 27.7. The highest BCUT2D eigenvalue weighted by molar-refractivity contribution is 7.89. The Balaban J connectivity index is 1.25. The maximum absolute atomic E-state index is 13.6. The van der Waals surface area contributed by atoms with E-state index in [2.05, 4.69) is 17.4 Å². The van der Waals surface area contributed by atoms with Crippen molar-refractivity contribution in [2.75, 3.05) is 20.3 Å². The molecule has 0 radical (unpaired) electrons. The summed E-state index contributed by atoms with van der Waals surface area (Å²) in [5.41, 5.74) is 5.77. The number of nitrogens with zero attached hydrogens (tertiary/aromatic N) is 2. The lowest BCUT2D eigenvalue weighted by Gasteiger charge is -2.20. The molecule has 4 aromatic rings. The minimum absolute atomic E-state index is 0.0601. The van der Waals surface area contributed by atoms with Crippen molar-refractivity contribution < 1.29 is 27.4 Å². The number of carbonyl (C=O) groups excluding carboxylic acids is 1. The Morgan fingerprint density at radius 2 is 1.69 bits per heavy atom. The van der Waals surface area contributed by atoms with Crippen LogP contribution in [0.3, 0.4) is 0 Å². The second-order valence-corrected chi connectivity index (χ2v) is 12.2. The molecule has 0 fully saturated rings. The van der Waals surface area contributed by atoms with Crippen molar-refractivity contribution in [3.05, 3.63) is 119 Å². The molecule has 1 unspecified atom stereocenters. The highest BCUT2D eigenvalue weighted by Gasteiger charge is 2.32. The molecule has 1 atom stereocenters. The Labute approximate surface area is 245 Å². The van der Waals surface area contributed by atoms with E-state index in [9.17, 15) is 13.2 Å². The van der Waals surface area contributed by atoms with Crippen LogP contribution in [0.5, 0.6) is 11.5 Å². The van der Waals surface area contributed by atoms with E-state index in [0.717, 1.165) is 33.5 Å². The van der Waals surface area contributed by atoms with Crippen LogP contribution in [0.1, 0.15) is 39.4 Å². The number of rotatable bonds is 8. The number of hydrogen-bond acceptors (Lipinski definition) is 7. The predicted octanol–water partition coefficient (Wildman–Crippen LogP) is 4.79. The summed E-state index contributed by atoms with van der Waals surface area (Å²) in [7, 11) is -2.23. The van der Waals surface area contributed by atoms with Gasteiger partial charge in [-0.25, -0.2) is 13.2 Å². The van der Waals surface area contributed by atoms with E-state index in [1.807, 2.05) is 48.5 Å². The van der Waals surface area contributed by atoms with Gasteiger partial charge in [0, 0.05) is 44.0 Å². The zero-order valence-corrected chi connectivity index (χ0v) is 24.0. The van der Waals surface area contributed by atoms with Crippen LogP contribution in [0.2, 0.25) is 0 Å². The molecule has 0 spiro atoms. The standard InChI is InChI=1S/C32H31N3O6S/c1-33-32(36)41-21-23-7-5-6-22(14-23)15-28(24-8-3-2-4-9-24)29-16-25-19-35(20-26(25)18-34-29)42(37,38)27-10-11-30-31(17-27)40-13-12-39-30/h2-11,14,16-18,28H,12-13,15,19-21H2,1H3,(H,33,36). The second kappa shape index (κ2) is 11.8. The zero-order chi connectivity index (χ0) is 29.1. The minimum Gasteiger partial charge on any atom is -0.486 e. The van der Waals surface area contributed by atoms with Crippen LogP contribution in [0.15, 0.2) is 90.0 Å².